The van der Waals surface area contributed by atoms with Crippen molar-refractivity contribution in [2.45, 2.75) is 13.8 Å². The largest absolute Gasteiger partial charge is 0.508 e. The highest BCUT2D eigenvalue weighted by atomic mass is 16.5. The van der Waals surface area contributed by atoms with E-state index in [2.05, 4.69) is 10.5 Å². The van der Waals surface area contributed by atoms with Crippen molar-refractivity contribution in [3.05, 3.63) is 41.2 Å². The number of phenols is 1. The molecule has 0 spiro atoms. The summed E-state index contributed by atoms with van der Waals surface area (Å²) in [5, 5.41) is 15.5. The number of aromatic nitrogens is 1. The first-order valence-corrected chi connectivity index (χ1v) is 5.10. The lowest BCUT2D eigenvalue weighted by molar-refractivity contribution is 0.102. The van der Waals surface area contributed by atoms with Crippen LogP contribution in [0, 0.1) is 13.8 Å². The highest BCUT2D eigenvalue weighted by molar-refractivity contribution is 6.04. The second-order valence-electron chi connectivity index (χ2n) is 3.78. The van der Waals surface area contributed by atoms with Gasteiger partial charge in [0.05, 0.1) is 0 Å². The first kappa shape index (κ1) is 11.2. The van der Waals surface area contributed by atoms with Crippen LogP contribution < -0.4 is 5.32 Å². The fraction of sp³-hybridized carbons (Fsp3) is 0.167. The Bertz CT molecular complexity index is 561. The fourth-order valence-electron chi connectivity index (χ4n) is 1.51. The second-order valence-corrected chi connectivity index (χ2v) is 3.78. The molecule has 2 aromatic rings. The number of phenolic OH excluding ortho intramolecular Hbond substituents is 1. The topological polar surface area (TPSA) is 75.4 Å². The molecule has 1 heterocycles. The number of carbonyl (C=O) groups is 1. The van der Waals surface area contributed by atoms with E-state index < -0.39 is 0 Å². The molecule has 0 bridgehead atoms. The summed E-state index contributed by atoms with van der Waals surface area (Å²) in [5.74, 6) is 0.856. The zero-order chi connectivity index (χ0) is 12.4. The predicted octanol–water partition coefficient (Wildman–Crippen LogP) is 2.25. The summed E-state index contributed by atoms with van der Waals surface area (Å²) < 4.78 is 4.85. The Hall–Kier alpha value is -2.30. The van der Waals surface area contributed by atoms with Crippen LogP contribution in [0.4, 0.5) is 5.82 Å². The zero-order valence-corrected chi connectivity index (χ0v) is 9.52. The van der Waals surface area contributed by atoms with Crippen molar-refractivity contribution in [3.8, 4) is 5.75 Å². The SMILES string of the molecule is Cc1cc(NC(=O)c2ccc(O)cc2C)no1. The van der Waals surface area contributed by atoms with E-state index >= 15 is 0 Å². The average molecular weight is 232 g/mol. The number of nitrogens with one attached hydrogen (secondary N) is 1. The minimum atomic E-state index is -0.282. The van der Waals surface area contributed by atoms with Gasteiger partial charge in [-0.25, -0.2) is 0 Å². The van der Waals surface area contributed by atoms with E-state index in [0.29, 0.717) is 22.7 Å². The Balaban J connectivity index is 2.20. The van der Waals surface area contributed by atoms with Gasteiger partial charge in [-0.1, -0.05) is 5.16 Å². The maximum absolute atomic E-state index is 11.9. The number of hydrogen-bond acceptors (Lipinski definition) is 4. The van der Waals surface area contributed by atoms with Gasteiger partial charge in [-0.3, -0.25) is 4.79 Å². The van der Waals surface area contributed by atoms with Crippen LogP contribution in [-0.2, 0) is 0 Å². The van der Waals surface area contributed by atoms with Crippen molar-refractivity contribution in [3.63, 3.8) is 0 Å². The number of carbonyl (C=O) groups excluding carboxylic acids is 1. The first-order chi connectivity index (χ1) is 8.06. The summed E-state index contributed by atoms with van der Waals surface area (Å²) in [6, 6.07) is 6.19. The Morgan fingerprint density at radius 2 is 2.12 bits per heavy atom. The molecular weight excluding hydrogens is 220 g/mol. The normalized spacial score (nSPS) is 10.2. The molecule has 2 N–H and O–H groups in total. The fourth-order valence-corrected chi connectivity index (χ4v) is 1.51. The summed E-state index contributed by atoms with van der Waals surface area (Å²) in [7, 11) is 0. The van der Waals surface area contributed by atoms with Crippen LogP contribution in [0.3, 0.4) is 0 Å². The van der Waals surface area contributed by atoms with Crippen molar-refractivity contribution in [2.75, 3.05) is 5.32 Å². The summed E-state index contributed by atoms with van der Waals surface area (Å²) in [5.41, 5.74) is 1.19. The van der Waals surface area contributed by atoms with Crippen molar-refractivity contribution in [2.24, 2.45) is 0 Å². The molecule has 0 aliphatic heterocycles. The minimum absolute atomic E-state index is 0.135. The third-order valence-corrected chi connectivity index (χ3v) is 2.32. The van der Waals surface area contributed by atoms with Gasteiger partial charge >= 0.3 is 0 Å². The number of anilines is 1. The zero-order valence-electron chi connectivity index (χ0n) is 9.52. The van der Waals surface area contributed by atoms with E-state index in [4.69, 9.17) is 4.52 Å². The highest BCUT2D eigenvalue weighted by Gasteiger charge is 2.11. The molecule has 0 saturated heterocycles. The number of rotatable bonds is 2. The van der Waals surface area contributed by atoms with Crippen molar-refractivity contribution >= 4 is 11.7 Å². The third kappa shape index (κ3) is 2.44. The third-order valence-electron chi connectivity index (χ3n) is 2.32. The smallest absolute Gasteiger partial charge is 0.257 e. The van der Waals surface area contributed by atoms with Gasteiger partial charge in [-0.05, 0) is 37.6 Å². The predicted molar refractivity (Wildman–Crippen MR) is 62.0 cm³/mol. The van der Waals surface area contributed by atoms with Gasteiger partial charge in [0.15, 0.2) is 5.82 Å². The van der Waals surface area contributed by atoms with E-state index in [0.717, 1.165) is 0 Å². The van der Waals surface area contributed by atoms with Crippen LogP contribution >= 0.6 is 0 Å². The number of amides is 1. The lowest BCUT2D eigenvalue weighted by atomic mass is 10.1. The molecule has 0 fully saturated rings. The lowest BCUT2D eigenvalue weighted by Crippen LogP contribution is -2.13. The van der Waals surface area contributed by atoms with E-state index in [1.807, 2.05) is 0 Å². The molecular formula is C12H12N2O3. The molecule has 0 aliphatic carbocycles. The monoisotopic (exact) mass is 232 g/mol. The average Bonchev–Trinajstić information content (AvgIpc) is 2.63. The van der Waals surface area contributed by atoms with Gasteiger partial charge in [-0.15, -0.1) is 0 Å². The molecule has 0 atom stereocenters. The van der Waals surface area contributed by atoms with Crippen LogP contribution in [0.25, 0.3) is 0 Å². The molecule has 88 valence electrons. The van der Waals surface area contributed by atoms with E-state index in [-0.39, 0.29) is 11.7 Å². The molecule has 0 radical (unpaired) electrons. The van der Waals surface area contributed by atoms with Crippen LogP contribution in [0.15, 0.2) is 28.8 Å². The maximum Gasteiger partial charge on any atom is 0.257 e. The van der Waals surface area contributed by atoms with Gasteiger partial charge in [0.25, 0.3) is 5.91 Å². The Morgan fingerprint density at radius 1 is 1.35 bits per heavy atom. The molecule has 1 aromatic heterocycles. The summed E-state index contributed by atoms with van der Waals surface area (Å²) in [6.07, 6.45) is 0. The van der Waals surface area contributed by atoms with Crippen LogP contribution in [-0.4, -0.2) is 16.2 Å². The summed E-state index contributed by atoms with van der Waals surface area (Å²) in [6.45, 7) is 3.50. The molecule has 5 nitrogen and oxygen atoms in total. The van der Waals surface area contributed by atoms with Gasteiger partial charge in [0.1, 0.15) is 11.5 Å². The number of nitrogens with zero attached hydrogens (tertiary/aromatic N) is 1. The van der Waals surface area contributed by atoms with Crippen molar-refractivity contribution in [1.29, 1.82) is 0 Å². The van der Waals surface area contributed by atoms with Crippen LogP contribution in [0.5, 0.6) is 5.75 Å². The number of hydrogen-bond donors (Lipinski definition) is 2. The molecule has 1 aromatic carbocycles. The first-order valence-electron chi connectivity index (χ1n) is 5.10. The molecule has 0 saturated carbocycles. The Labute approximate surface area is 98.1 Å². The van der Waals surface area contributed by atoms with Gasteiger partial charge in [0, 0.05) is 11.6 Å². The van der Waals surface area contributed by atoms with E-state index in [1.165, 1.54) is 12.1 Å². The Kier molecular flexibility index (Phi) is 2.82. The minimum Gasteiger partial charge on any atom is -0.508 e. The summed E-state index contributed by atoms with van der Waals surface area (Å²) in [4.78, 5) is 11.9. The van der Waals surface area contributed by atoms with Crippen LogP contribution in [0.1, 0.15) is 21.7 Å². The van der Waals surface area contributed by atoms with Crippen LogP contribution in [0.2, 0.25) is 0 Å². The molecule has 2 rings (SSSR count). The number of aryl methyl sites for hydroxylation is 2. The van der Waals surface area contributed by atoms with Gasteiger partial charge in [-0.2, -0.15) is 0 Å². The van der Waals surface area contributed by atoms with Gasteiger partial charge in [0.2, 0.25) is 0 Å². The molecule has 1 amide bonds. The molecule has 0 aliphatic rings. The summed E-state index contributed by atoms with van der Waals surface area (Å²) >= 11 is 0. The van der Waals surface area contributed by atoms with Gasteiger partial charge < -0.3 is 14.9 Å². The number of benzene rings is 1. The van der Waals surface area contributed by atoms with E-state index in [9.17, 15) is 9.90 Å². The van der Waals surface area contributed by atoms with Crippen molar-refractivity contribution < 1.29 is 14.4 Å². The highest BCUT2D eigenvalue weighted by Crippen LogP contribution is 2.17. The second kappa shape index (κ2) is 4.29. The lowest BCUT2D eigenvalue weighted by Gasteiger charge is -2.05. The molecule has 0 unspecified atom stereocenters. The number of aromatic hydroxyl groups is 1. The standard InChI is InChI=1S/C12H12N2O3/c1-7-5-9(15)3-4-10(7)12(16)13-11-6-8(2)17-14-11/h3-6,15H,1-2H3,(H,13,14,16). The van der Waals surface area contributed by atoms with E-state index in [1.54, 1.807) is 26.0 Å². The Morgan fingerprint density at radius 3 is 2.71 bits per heavy atom. The quantitative estimate of drug-likeness (QED) is 0.832. The maximum atomic E-state index is 11.9. The molecule has 17 heavy (non-hydrogen) atoms. The molecule has 5 heteroatoms. The van der Waals surface area contributed by atoms with Crippen molar-refractivity contribution in [1.82, 2.24) is 5.16 Å².